The summed E-state index contributed by atoms with van der Waals surface area (Å²) in [7, 11) is 0. The molecule has 1 aromatic heterocycles. The highest BCUT2D eigenvalue weighted by atomic mass is 79.9. The first-order valence-corrected chi connectivity index (χ1v) is 7.74. The van der Waals surface area contributed by atoms with Gasteiger partial charge in [-0.05, 0) is 53.2 Å². The predicted octanol–water partition coefficient (Wildman–Crippen LogP) is 3.83. The third kappa shape index (κ3) is 3.48. The van der Waals surface area contributed by atoms with E-state index in [1.54, 1.807) is 18.0 Å². The van der Waals surface area contributed by atoms with E-state index in [9.17, 15) is 9.90 Å². The predicted molar refractivity (Wildman–Crippen MR) is 75.7 cm³/mol. The normalized spacial score (nSPS) is 28.0. The molecule has 1 saturated carbocycles. The summed E-state index contributed by atoms with van der Waals surface area (Å²) in [5, 5.41) is 10.3. The van der Waals surface area contributed by atoms with Gasteiger partial charge in [0.15, 0.2) is 0 Å². The van der Waals surface area contributed by atoms with Crippen LogP contribution in [0.3, 0.4) is 0 Å². The van der Waals surface area contributed by atoms with E-state index in [-0.39, 0.29) is 11.2 Å². The van der Waals surface area contributed by atoms with Crippen molar-refractivity contribution in [1.29, 1.82) is 0 Å². The number of halogens is 1. The monoisotopic (exact) mass is 329 g/mol. The molecule has 0 aromatic carbocycles. The molecule has 2 rings (SSSR count). The van der Waals surface area contributed by atoms with Gasteiger partial charge in [0.2, 0.25) is 0 Å². The molecule has 98 valence electrons. The number of thioether (sulfide) groups is 1. The van der Waals surface area contributed by atoms with Crippen molar-refractivity contribution in [1.82, 2.24) is 4.98 Å². The van der Waals surface area contributed by atoms with Crippen molar-refractivity contribution < 1.29 is 9.90 Å². The molecule has 0 saturated heterocycles. The Morgan fingerprint density at radius 1 is 1.50 bits per heavy atom. The fraction of sp³-hybridized carbons (Fsp3) is 0.538. The van der Waals surface area contributed by atoms with Crippen molar-refractivity contribution in [3.8, 4) is 0 Å². The van der Waals surface area contributed by atoms with Gasteiger partial charge in [0.05, 0.1) is 10.9 Å². The maximum Gasteiger partial charge on any atom is 0.307 e. The Bertz CT molecular complexity index is 424. The fourth-order valence-corrected chi connectivity index (χ4v) is 3.97. The number of carboxylic acids is 1. The van der Waals surface area contributed by atoms with Crippen LogP contribution in [0.1, 0.15) is 26.2 Å². The smallest absolute Gasteiger partial charge is 0.307 e. The summed E-state index contributed by atoms with van der Waals surface area (Å²) >= 11 is 4.95. The van der Waals surface area contributed by atoms with Crippen LogP contribution in [0, 0.1) is 11.8 Å². The lowest BCUT2D eigenvalue weighted by molar-refractivity contribution is -0.142. The number of nitrogens with zero attached hydrogens (tertiary/aromatic N) is 1. The van der Waals surface area contributed by atoms with Crippen molar-refractivity contribution in [2.75, 3.05) is 0 Å². The lowest BCUT2D eigenvalue weighted by atomic mass is 9.82. The van der Waals surface area contributed by atoms with Crippen LogP contribution in [0.25, 0.3) is 0 Å². The molecule has 1 aliphatic rings. The topological polar surface area (TPSA) is 50.2 Å². The molecule has 5 heteroatoms. The molecule has 18 heavy (non-hydrogen) atoms. The summed E-state index contributed by atoms with van der Waals surface area (Å²) < 4.78 is 0.943. The van der Waals surface area contributed by atoms with Crippen LogP contribution in [0.4, 0.5) is 0 Å². The first kappa shape index (κ1) is 13.9. The molecule has 3 unspecified atom stereocenters. The van der Waals surface area contributed by atoms with E-state index >= 15 is 0 Å². The van der Waals surface area contributed by atoms with Gasteiger partial charge in [0.1, 0.15) is 0 Å². The molecule has 3 atom stereocenters. The van der Waals surface area contributed by atoms with E-state index in [2.05, 4.69) is 27.8 Å². The zero-order valence-corrected chi connectivity index (χ0v) is 12.6. The van der Waals surface area contributed by atoms with Gasteiger partial charge >= 0.3 is 5.97 Å². The lowest BCUT2D eigenvalue weighted by Crippen LogP contribution is -2.32. The van der Waals surface area contributed by atoms with E-state index in [1.165, 1.54) is 0 Å². The molecule has 1 fully saturated rings. The summed E-state index contributed by atoms with van der Waals surface area (Å²) in [5.41, 5.74) is 0. The first-order chi connectivity index (χ1) is 8.56. The minimum atomic E-state index is -0.670. The van der Waals surface area contributed by atoms with Crippen LogP contribution in [-0.2, 0) is 4.79 Å². The highest BCUT2D eigenvalue weighted by molar-refractivity contribution is 9.10. The van der Waals surface area contributed by atoms with Gasteiger partial charge in [0, 0.05) is 15.9 Å². The van der Waals surface area contributed by atoms with Crippen LogP contribution in [0.2, 0.25) is 0 Å². The molecule has 0 spiro atoms. The van der Waals surface area contributed by atoms with Gasteiger partial charge in [-0.15, -0.1) is 11.8 Å². The Labute approximate surface area is 120 Å². The third-order valence-corrected chi connectivity index (χ3v) is 5.12. The van der Waals surface area contributed by atoms with Crippen molar-refractivity contribution in [3.63, 3.8) is 0 Å². The third-order valence-electron chi connectivity index (χ3n) is 3.34. The molecular formula is C13H16BrNO2S. The summed E-state index contributed by atoms with van der Waals surface area (Å²) in [6, 6.07) is 3.88. The van der Waals surface area contributed by atoms with E-state index in [1.807, 2.05) is 12.1 Å². The maximum absolute atomic E-state index is 11.3. The molecule has 1 aliphatic carbocycles. The van der Waals surface area contributed by atoms with Gasteiger partial charge < -0.3 is 5.11 Å². The second-order valence-corrected chi connectivity index (χ2v) is 7.01. The van der Waals surface area contributed by atoms with Gasteiger partial charge in [-0.25, -0.2) is 4.98 Å². The number of aromatic nitrogens is 1. The molecule has 3 nitrogen and oxygen atoms in total. The van der Waals surface area contributed by atoms with E-state index in [0.29, 0.717) is 5.92 Å². The van der Waals surface area contributed by atoms with Gasteiger partial charge in [-0.3, -0.25) is 4.79 Å². The summed E-state index contributed by atoms with van der Waals surface area (Å²) in [5.74, 6) is -0.304. The number of rotatable bonds is 3. The molecule has 0 aliphatic heterocycles. The molecule has 1 aromatic rings. The van der Waals surface area contributed by atoms with Crippen molar-refractivity contribution in [3.05, 3.63) is 22.8 Å². The van der Waals surface area contributed by atoms with Crippen molar-refractivity contribution in [2.24, 2.45) is 11.8 Å². The first-order valence-electron chi connectivity index (χ1n) is 6.07. The minimum absolute atomic E-state index is 0.139. The second kappa shape index (κ2) is 6.06. The zero-order valence-electron chi connectivity index (χ0n) is 10.2. The molecule has 0 amide bonds. The Morgan fingerprint density at radius 3 is 2.89 bits per heavy atom. The van der Waals surface area contributed by atoms with E-state index < -0.39 is 5.97 Å². The Kier molecular flexibility index (Phi) is 4.67. The average molecular weight is 330 g/mol. The number of carbonyl (C=O) groups is 1. The van der Waals surface area contributed by atoms with E-state index in [0.717, 1.165) is 28.8 Å². The molecule has 0 radical (unpaired) electrons. The van der Waals surface area contributed by atoms with Gasteiger partial charge in [-0.2, -0.15) is 0 Å². The van der Waals surface area contributed by atoms with Gasteiger partial charge in [0.25, 0.3) is 0 Å². The van der Waals surface area contributed by atoms with E-state index in [4.69, 9.17) is 0 Å². The largest absolute Gasteiger partial charge is 0.481 e. The number of hydrogen-bond acceptors (Lipinski definition) is 3. The van der Waals surface area contributed by atoms with Crippen LogP contribution < -0.4 is 0 Å². The average Bonchev–Trinajstić information content (AvgIpc) is 2.32. The van der Waals surface area contributed by atoms with Crippen LogP contribution >= 0.6 is 27.7 Å². The molecule has 1 N–H and O–H groups in total. The van der Waals surface area contributed by atoms with Crippen LogP contribution in [0.15, 0.2) is 27.8 Å². The maximum atomic E-state index is 11.3. The Morgan fingerprint density at radius 2 is 2.28 bits per heavy atom. The summed E-state index contributed by atoms with van der Waals surface area (Å²) in [4.78, 5) is 15.6. The number of carboxylic acid groups (broad SMARTS) is 1. The zero-order chi connectivity index (χ0) is 13.1. The minimum Gasteiger partial charge on any atom is -0.481 e. The highest BCUT2D eigenvalue weighted by Gasteiger charge is 2.34. The number of hydrogen-bond donors (Lipinski definition) is 1. The van der Waals surface area contributed by atoms with Crippen molar-refractivity contribution >= 4 is 33.7 Å². The quantitative estimate of drug-likeness (QED) is 0.915. The fourth-order valence-electron chi connectivity index (χ4n) is 2.33. The van der Waals surface area contributed by atoms with Crippen LogP contribution in [-0.4, -0.2) is 21.3 Å². The summed E-state index contributed by atoms with van der Waals surface area (Å²) in [6.07, 6.45) is 4.51. The standard InChI is InChI=1S/C13H16BrNO2S/c1-8-2-4-10(13(16)17)11(6-8)18-12-5-3-9(14)7-15-12/h3,5,7-8,10-11H,2,4,6H2,1H3,(H,16,17). The van der Waals surface area contributed by atoms with Crippen LogP contribution in [0.5, 0.6) is 0 Å². The highest BCUT2D eigenvalue weighted by Crippen LogP contribution is 2.39. The SMILES string of the molecule is CC1CCC(C(=O)O)C(Sc2ccc(Br)cn2)C1. The molecule has 1 heterocycles. The summed E-state index contributed by atoms with van der Waals surface area (Å²) in [6.45, 7) is 2.20. The second-order valence-electron chi connectivity index (χ2n) is 4.83. The Hall–Kier alpha value is -0.550. The Balaban J connectivity index is 2.08. The number of aliphatic carboxylic acids is 1. The number of pyridine rings is 1. The molecular weight excluding hydrogens is 314 g/mol. The van der Waals surface area contributed by atoms with Gasteiger partial charge in [-0.1, -0.05) is 6.92 Å². The molecule has 0 bridgehead atoms. The van der Waals surface area contributed by atoms with Crippen molar-refractivity contribution in [2.45, 2.75) is 36.5 Å². The lowest BCUT2D eigenvalue weighted by Gasteiger charge is -2.31.